The molecule has 5 atom stereocenters. The molecule has 0 unspecified atom stereocenters. The third-order valence-electron chi connectivity index (χ3n) is 6.10. The number of carbonyl (C=O) groups is 3. The monoisotopic (exact) mass is 352 g/mol. The highest BCUT2D eigenvalue weighted by atomic mass is 16.2. The first-order valence-electron chi connectivity index (χ1n) is 9.48. The van der Waals surface area contributed by atoms with Gasteiger partial charge in [-0.05, 0) is 36.7 Å². The van der Waals surface area contributed by atoms with Crippen LogP contribution in [-0.4, -0.2) is 28.7 Å². The number of hydrogen-bond donors (Lipinski definition) is 1. The molecule has 1 aromatic rings. The van der Waals surface area contributed by atoms with Crippen LogP contribution < -0.4 is 5.32 Å². The summed E-state index contributed by atoms with van der Waals surface area (Å²) in [6, 6.07) is 8.91. The summed E-state index contributed by atoms with van der Waals surface area (Å²) in [5.41, 5.74) is 0.991. The summed E-state index contributed by atoms with van der Waals surface area (Å²) >= 11 is 0. The minimum atomic E-state index is -0.719. The molecule has 0 spiro atoms. The van der Waals surface area contributed by atoms with Gasteiger partial charge in [-0.2, -0.15) is 0 Å². The van der Waals surface area contributed by atoms with E-state index in [1.54, 1.807) is 0 Å². The predicted molar refractivity (Wildman–Crippen MR) is 96.6 cm³/mol. The number of nitrogens with one attached hydrogen (secondary N) is 1. The smallest absolute Gasteiger partial charge is 0.243 e. The maximum Gasteiger partial charge on any atom is 0.243 e. The molecule has 1 N–H and O–H groups in total. The van der Waals surface area contributed by atoms with E-state index in [2.05, 4.69) is 17.5 Å². The quantitative estimate of drug-likeness (QED) is 0.653. The average Bonchev–Trinajstić information content (AvgIpc) is 2.96. The van der Waals surface area contributed by atoms with E-state index in [9.17, 15) is 14.4 Å². The van der Waals surface area contributed by atoms with E-state index in [4.69, 9.17) is 0 Å². The summed E-state index contributed by atoms with van der Waals surface area (Å²) in [7, 11) is 0. The number of benzene rings is 1. The van der Waals surface area contributed by atoms with E-state index in [1.165, 1.54) is 4.90 Å². The van der Waals surface area contributed by atoms with Gasteiger partial charge in [-0.1, -0.05) is 49.4 Å². The second-order valence-corrected chi connectivity index (χ2v) is 7.52. The molecule has 0 aromatic heterocycles. The van der Waals surface area contributed by atoms with Gasteiger partial charge in [0.05, 0.1) is 11.8 Å². The Hall–Kier alpha value is -2.43. The van der Waals surface area contributed by atoms with E-state index >= 15 is 0 Å². The van der Waals surface area contributed by atoms with Crippen LogP contribution >= 0.6 is 0 Å². The normalized spacial score (nSPS) is 30.4. The molecular formula is C21H24N2O3. The van der Waals surface area contributed by atoms with Gasteiger partial charge in [-0.25, -0.2) is 0 Å². The Labute approximate surface area is 153 Å². The highest BCUT2D eigenvalue weighted by molar-refractivity contribution is 6.09. The maximum absolute atomic E-state index is 13.0. The third kappa shape index (κ3) is 2.66. The van der Waals surface area contributed by atoms with Crippen molar-refractivity contribution in [1.82, 2.24) is 10.2 Å². The van der Waals surface area contributed by atoms with E-state index < -0.39 is 6.04 Å². The average molecular weight is 352 g/mol. The van der Waals surface area contributed by atoms with Crippen LogP contribution in [-0.2, 0) is 20.9 Å². The molecule has 26 heavy (non-hydrogen) atoms. The Kier molecular flexibility index (Phi) is 4.39. The molecule has 3 amide bonds. The number of carbonyl (C=O) groups excluding carboxylic acids is 3. The highest BCUT2D eigenvalue weighted by Crippen LogP contribution is 2.50. The molecule has 2 fully saturated rings. The van der Waals surface area contributed by atoms with E-state index in [0.717, 1.165) is 18.4 Å². The van der Waals surface area contributed by atoms with Crippen molar-refractivity contribution in [3.8, 4) is 0 Å². The molecular weight excluding hydrogens is 328 g/mol. The predicted octanol–water partition coefficient (Wildman–Crippen LogP) is 2.28. The second kappa shape index (κ2) is 6.71. The first-order valence-corrected chi connectivity index (χ1v) is 9.48. The molecule has 5 heteroatoms. The van der Waals surface area contributed by atoms with Crippen LogP contribution in [0.15, 0.2) is 42.5 Å². The molecule has 0 radical (unpaired) electrons. The van der Waals surface area contributed by atoms with Crippen LogP contribution in [0.3, 0.4) is 0 Å². The van der Waals surface area contributed by atoms with Gasteiger partial charge in [0.1, 0.15) is 6.04 Å². The first kappa shape index (κ1) is 17.0. The van der Waals surface area contributed by atoms with Crippen molar-refractivity contribution >= 4 is 17.7 Å². The molecule has 3 aliphatic carbocycles. The molecule has 4 aliphatic rings. The lowest BCUT2D eigenvalue weighted by Crippen LogP contribution is -2.49. The molecule has 5 rings (SSSR count). The first-order chi connectivity index (χ1) is 12.6. The zero-order valence-electron chi connectivity index (χ0n) is 14.9. The summed E-state index contributed by atoms with van der Waals surface area (Å²) in [5, 5.41) is 2.89. The fraction of sp³-hybridized carbons (Fsp3) is 0.476. The van der Waals surface area contributed by atoms with Crippen LogP contribution in [0, 0.1) is 23.7 Å². The molecule has 5 nitrogen and oxygen atoms in total. The van der Waals surface area contributed by atoms with Crippen molar-refractivity contribution < 1.29 is 14.4 Å². The molecule has 1 heterocycles. The van der Waals surface area contributed by atoms with Gasteiger partial charge in [0.2, 0.25) is 17.7 Å². The van der Waals surface area contributed by atoms with Crippen molar-refractivity contribution in [2.75, 3.05) is 0 Å². The minimum absolute atomic E-state index is 0.149. The summed E-state index contributed by atoms with van der Waals surface area (Å²) < 4.78 is 0. The Morgan fingerprint density at radius 2 is 1.65 bits per heavy atom. The van der Waals surface area contributed by atoms with Gasteiger partial charge in [-0.15, -0.1) is 0 Å². The SMILES string of the molecule is CC[C@@H](C(=O)NCc1ccccc1)N1C(=O)[C@@H]2[C@H](C1=O)[C@H]1C=C[C@H]2CC1. The second-order valence-electron chi connectivity index (χ2n) is 7.52. The number of likely N-dealkylation sites (tertiary alicyclic amines) is 1. The van der Waals surface area contributed by atoms with E-state index in [1.807, 2.05) is 37.3 Å². The molecule has 1 aromatic carbocycles. The van der Waals surface area contributed by atoms with Crippen LogP contribution in [0.1, 0.15) is 31.7 Å². The molecule has 1 saturated heterocycles. The highest BCUT2D eigenvalue weighted by Gasteiger charge is 2.58. The zero-order valence-corrected chi connectivity index (χ0v) is 14.9. The number of imide groups is 1. The lowest BCUT2D eigenvalue weighted by atomic mass is 9.63. The lowest BCUT2D eigenvalue weighted by Gasteiger charge is -2.38. The van der Waals surface area contributed by atoms with Crippen molar-refractivity contribution in [3.63, 3.8) is 0 Å². The summed E-state index contributed by atoms with van der Waals surface area (Å²) in [4.78, 5) is 40.0. The van der Waals surface area contributed by atoms with Gasteiger partial charge < -0.3 is 5.32 Å². The van der Waals surface area contributed by atoms with Crippen LogP contribution in [0.5, 0.6) is 0 Å². The maximum atomic E-state index is 13.0. The number of nitrogens with zero attached hydrogens (tertiary/aromatic N) is 1. The Morgan fingerprint density at radius 1 is 1.08 bits per heavy atom. The van der Waals surface area contributed by atoms with Gasteiger partial charge in [0.15, 0.2) is 0 Å². The fourth-order valence-electron chi connectivity index (χ4n) is 4.79. The molecule has 1 aliphatic heterocycles. The Bertz CT molecular complexity index is 726. The molecule has 136 valence electrons. The summed E-state index contributed by atoms with van der Waals surface area (Å²) in [5.74, 6) is -0.782. The fourth-order valence-corrected chi connectivity index (χ4v) is 4.79. The van der Waals surface area contributed by atoms with E-state index in [0.29, 0.717) is 13.0 Å². The van der Waals surface area contributed by atoms with Gasteiger partial charge in [-0.3, -0.25) is 19.3 Å². The number of amides is 3. The number of fused-ring (bicyclic) bond motifs is 1. The van der Waals surface area contributed by atoms with Crippen LogP contribution in [0.4, 0.5) is 0 Å². The van der Waals surface area contributed by atoms with Crippen molar-refractivity contribution in [2.45, 2.75) is 38.8 Å². The van der Waals surface area contributed by atoms with Gasteiger partial charge in [0.25, 0.3) is 0 Å². The van der Waals surface area contributed by atoms with Gasteiger partial charge in [0, 0.05) is 6.54 Å². The number of allylic oxidation sites excluding steroid dienone is 2. The Balaban J connectivity index is 1.50. The largest absolute Gasteiger partial charge is 0.350 e. The van der Waals surface area contributed by atoms with Crippen molar-refractivity contribution in [3.05, 3.63) is 48.0 Å². The lowest BCUT2D eigenvalue weighted by molar-refractivity contribution is -0.148. The molecule has 1 saturated carbocycles. The zero-order chi connectivity index (χ0) is 18.3. The summed E-state index contributed by atoms with van der Waals surface area (Å²) in [6.07, 6.45) is 6.56. The van der Waals surface area contributed by atoms with Gasteiger partial charge >= 0.3 is 0 Å². The Morgan fingerprint density at radius 3 is 2.15 bits per heavy atom. The standard InChI is InChI=1S/C21H24N2O3/c1-2-16(19(24)22-12-13-6-4-3-5-7-13)23-20(25)17-14-8-9-15(11-10-14)18(17)21(23)26/h3-9,14-18H,2,10-12H2,1H3,(H,22,24)/t14-,15-,16-,17-,18+/m0/s1. The van der Waals surface area contributed by atoms with E-state index in [-0.39, 0.29) is 41.4 Å². The van der Waals surface area contributed by atoms with Crippen molar-refractivity contribution in [2.24, 2.45) is 23.7 Å². The van der Waals surface area contributed by atoms with Crippen molar-refractivity contribution in [1.29, 1.82) is 0 Å². The van der Waals surface area contributed by atoms with Crippen LogP contribution in [0.2, 0.25) is 0 Å². The summed E-state index contributed by atoms with van der Waals surface area (Å²) in [6.45, 7) is 2.24. The number of rotatable bonds is 5. The molecule has 2 bridgehead atoms. The number of hydrogen-bond acceptors (Lipinski definition) is 3. The topological polar surface area (TPSA) is 66.5 Å². The minimum Gasteiger partial charge on any atom is -0.350 e. The third-order valence-corrected chi connectivity index (χ3v) is 6.10. The van der Waals surface area contributed by atoms with Crippen LogP contribution in [0.25, 0.3) is 0 Å².